The summed E-state index contributed by atoms with van der Waals surface area (Å²) in [6.45, 7) is 11.2. The molecule has 0 saturated heterocycles. The minimum absolute atomic E-state index is 0.0621. The monoisotopic (exact) mass is 258 g/mol. The molecule has 0 heterocycles. The largest absolute Gasteiger partial charge is 0.369 e. The third-order valence-corrected chi connectivity index (χ3v) is 3.56. The van der Waals surface area contributed by atoms with Crippen LogP contribution in [0.2, 0.25) is 0 Å². The van der Waals surface area contributed by atoms with E-state index >= 15 is 0 Å². The summed E-state index contributed by atoms with van der Waals surface area (Å²) in [7, 11) is 0. The maximum Gasteiger partial charge on any atom is 0.249 e. The van der Waals surface area contributed by atoms with Gasteiger partial charge in [0, 0.05) is 13.2 Å². The van der Waals surface area contributed by atoms with Crippen LogP contribution in [0.25, 0.3) is 0 Å². The maximum atomic E-state index is 12.0. The third kappa shape index (κ3) is 5.83. The van der Waals surface area contributed by atoms with Crippen LogP contribution in [0.1, 0.15) is 53.9 Å². The van der Waals surface area contributed by atoms with Crippen molar-refractivity contribution in [3.8, 4) is 0 Å². The second kappa shape index (κ2) is 8.48. The first-order valence-corrected chi connectivity index (χ1v) is 7.04. The lowest BCUT2D eigenvalue weighted by atomic mass is 9.92. The second-order valence-corrected chi connectivity index (χ2v) is 5.38. The van der Waals surface area contributed by atoms with Crippen molar-refractivity contribution in [3.05, 3.63) is 0 Å². The van der Waals surface area contributed by atoms with Gasteiger partial charge < -0.3 is 15.8 Å². The second-order valence-electron chi connectivity index (χ2n) is 5.38. The van der Waals surface area contributed by atoms with Crippen molar-refractivity contribution in [2.24, 2.45) is 11.7 Å². The highest BCUT2D eigenvalue weighted by Gasteiger charge is 2.28. The summed E-state index contributed by atoms with van der Waals surface area (Å²) < 4.78 is 5.54. The summed E-state index contributed by atoms with van der Waals surface area (Å²) >= 11 is 0. The fourth-order valence-corrected chi connectivity index (χ4v) is 1.69. The van der Waals surface area contributed by atoms with E-state index in [1.54, 1.807) is 6.92 Å². The first-order chi connectivity index (χ1) is 8.40. The fraction of sp³-hybridized carbons (Fsp3) is 0.929. The van der Waals surface area contributed by atoms with Crippen molar-refractivity contribution in [3.63, 3.8) is 0 Å². The van der Waals surface area contributed by atoms with Gasteiger partial charge in [0.2, 0.25) is 5.91 Å². The molecule has 18 heavy (non-hydrogen) atoms. The van der Waals surface area contributed by atoms with Crippen molar-refractivity contribution < 1.29 is 9.53 Å². The van der Waals surface area contributed by atoms with E-state index in [-0.39, 0.29) is 11.4 Å². The molecule has 0 aliphatic heterocycles. The molecular weight excluding hydrogens is 228 g/mol. The predicted molar refractivity (Wildman–Crippen MR) is 75.4 cm³/mol. The van der Waals surface area contributed by atoms with Crippen molar-refractivity contribution in [1.29, 1.82) is 0 Å². The zero-order valence-electron chi connectivity index (χ0n) is 12.6. The summed E-state index contributed by atoms with van der Waals surface area (Å²) in [5.74, 6) is 0.530. The number of carbonyl (C=O) groups excluding carboxylic acids is 1. The molecule has 3 N–H and O–H groups in total. The zero-order valence-corrected chi connectivity index (χ0v) is 12.6. The van der Waals surface area contributed by atoms with E-state index in [1.165, 1.54) is 0 Å². The number of rotatable bonds is 9. The Morgan fingerprint density at radius 3 is 2.22 bits per heavy atom. The number of hydrogen-bond acceptors (Lipinski definition) is 3. The van der Waals surface area contributed by atoms with Gasteiger partial charge >= 0.3 is 0 Å². The molecule has 0 rings (SSSR count). The normalized spacial score (nSPS) is 13.7. The van der Waals surface area contributed by atoms with Crippen LogP contribution in [0.5, 0.6) is 0 Å². The van der Waals surface area contributed by atoms with Crippen LogP contribution in [0.15, 0.2) is 0 Å². The average Bonchev–Trinajstić information content (AvgIpc) is 2.35. The Balaban J connectivity index is 4.21. The van der Waals surface area contributed by atoms with Crippen LogP contribution in [0.3, 0.4) is 0 Å². The lowest BCUT2D eigenvalue weighted by Gasteiger charge is -2.32. The first-order valence-electron chi connectivity index (χ1n) is 7.04. The molecule has 0 spiro atoms. The standard InChI is InChI=1S/C14H30N2O2/c1-6-14(7-2,10-15)16-13(17)12(5)18-9-8-11(3)4/h11-12H,6-10,15H2,1-5H3,(H,16,17). The van der Waals surface area contributed by atoms with Gasteiger partial charge in [-0.3, -0.25) is 4.79 Å². The molecule has 1 unspecified atom stereocenters. The van der Waals surface area contributed by atoms with Gasteiger partial charge in [-0.15, -0.1) is 0 Å². The van der Waals surface area contributed by atoms with E-state index < -0.39 is 6.10 Å². The van der Waals surface area contributed by atoms with Crippen LogP contribution in [0, 0.1) is 5.92 Å². The van der Waals surface area contributed by atoms with Gasteiger partial charge in [0.05, 0.1) is 5.54 Å². The number of nitrogens with one attached hydrogen (secondary N) is 1. The van der Waals surface area contributed by atoms with Gasteiger partial charge in [-0.2, -0.15) is 0 Å². The molecule has 1 amide bonds. The Kier molecular flexibility index (Phi) is 8.20. The van der Waals surface area contributed by atoms with Crippen LogP contribution in [-0.4, -0.2) is 30.7 Å². The highest BCUT2D eigenvalue weighted by atomic mass is 16.5. The van der Waals surface area contributed by atoms with E-state index in [0.717, 1.165) is 19.3 Å². The van der Waals surface area contributed by atoms with Gasteiger partial charge in [0.1, 0.15) is 6.10 Å². The van der Waals surface area contributed by atoms with E-state index in [4.69, 9.17) is 10.5 Å². The maximum absolute atomic E-state index is 12.0. The minimum Gasteiger partial charge on any atom is -0.369 e. The van der Waals surface area contributed by atoms with Crippen LogP contribution in [-0.2, 0) is 9.53 Å². The molecule has 0 aliphatic carbocycles. The number of carbonyl (C=O) groups is 1. The highest BCUT2D eigenvalue weighted by Crippen LogP contribution is 2.13. The average molecular weight is 258 g/mol. The number of ether oxygens (including phenoxy) is 1. The quantitative estimate of drug-likeness (QED) is 0.665. The number of hydrogen-bond donors (Lipinski definition) is 2. The molecule has 0 fully saturated rings. The molecule has 0 aromatic carbocycles. The van der Waals surface area contributed by atoms with Crippen LogP contribution >= 0.6 is 0 Å². The molecule has 108 valence electrons. The summed E-state index contributed by atoms with van der Waals surface area (Å²) in [4.78, 5) is 12.0. The number of nitrogens with two attached hydrogens (primary N) is 1. The first kappa shape index (κ1) is 17.4. The summed E-state index contributed by atoms with van der Waals surface area (Å²) in [6, 6.07) is 0. The van der Waals surface area contributed by atoms with Gasteiger partial charge in [0.15, 0.2) is 0 Å². The topological polar surface area (TPSA) is 64.3 Å². The van der Waals surface area contributed by atoms with E-state index in [0.29, 0.717) is 19.1 Å². The van der Waals surface area contributed by atoms with Crippen molar-refractivity contribution >= 4 is 5.91 Å². The Labute approximate surface area is 112 Å². The SMILES string of the molecule is CCC(CC)(CN)NC(=O)C(C)OCCC(C)C. The minimum atomic E-state index is -0.409. The molecule has 0 saturated carbocycles. The Hall–Kier alpha value is -0.610. The Morgan fingerprint density at radius 2 is 1.83 bits per heavy atom. The van der Waals surface area contributed by atoms with E-state index in [9.17, 15) is 4.79 Å². The van der Waals surface area contributed by atoms with Gasteiger partial charge in [-0.05, 0) is 32.1 Å². The van der Waals surface area contributed by atoms with Crippen molar-refractivity contribution in [1.82, 2.24) is 5.32 Å². The summed E-state index contributed by atoms with van der Waals surface area (Å²) in [6.07, 6.45) is 2.24. The lowest BCUT2D eigenvalue weighted by Crippen LogP contribution is -2.55. The van der Waals surface area contributed by atoms with Gasteiger partial charge in [0.25, 0.3) is 0 Å². The Morgan fingerprint density at radius 1 is 1.28 bits per heavy atom. The molecule has 0 aromatic rings. The smallest absolute Gasteiger partial charge is 0.249 e. The zero-order chi connectivity index (χ0) is 14.2. The van der Waals surface area contributed by atoms with Crippen molar-refractivity contribution in [2.45, 2.75) is 65.5 Å². The van der Waals surface area contributed by atoms with Crippen LogP contribution in [0.4, 0.5) is 0 Å². The number of amides is 1. The van der Waals surface area contributed by atoms with Gasteiger partial charge in [-0.25, -0.2) is 0 Å². The predicted octanol–water partition coefficient (Wildman–Crippen LogP) is 2.07. The molecule has 0 bridgehead atoms. The molecule has 4 nitrogen and oxygen atoms in total. The van der Waals surface area contributed by atoms with E-state index in [2.05, 4.69) is 19.2 Å². The molecule has 1 atom stereocenters. The third-order valence-electron chi connectivity index (χ3n) is 3.56. The highest BCUT2D eigenvalue weighted by molar-refractivity contribution is 5.81. The van der Waals surface area contributed by atoms with Crippen LogP contribution < -0.4 is 11.1 Å². The van der Waals surface area contributed by atoms with Crippen molar-refractivity contribution in [2.75, 3.05) is 13.2 Å². The summed E-state index contributed by atoms with van der Waals surface area (Å²) in [5, 5.41) is 3.03. The molecule has 0 aromatic heterocycles. The molecule has 0 radical (unpaired) electrons. The lowest BCUT2D eigenvalue weighted by molar-refractivity contribution is -0.134. The fourth-order valence-electron chi connectivity index (χ4n) is 1.69. The Bertz CT molecular complexity index is 230. The van der Waals surface area contributed by atoms with E-state index in [1.807, 2.05) is 13.8 Å². The van der Waals surface area contributed by atoms with Gasteiger partial charge in [-0.1, -0.05) is 27.7 Å². The molecule has 4 heteroatoms. The molecule has 0 aliphatic rings. The molecular formula is C14H30N2O2. The summed E-state index contributed by atoms with van der Waals surface area (Å²) in [5.41, 5.74) is 5.48.